The molecule has 2 N–H and O–H groups in total. The van der Waals surface area contributed by atoms with E-state index in [9.17, 15) is 19.8 Å². The molecule has 4 aliphatic rings. The second kappa shape index (κ2) is 8.51. The minimum atomic E-state index is -0.675. The normalized spacial score (nSPS) is 48.3. The van der Waals surface area contributed by atoms with Gasteiger partial charge >= 0.3 is 11.9 Å². The third-order valence-electron chi connectivity index (χ3n) is 12.8. The minimum absolute atomic E-state index is 0.0298. The summed E-state index contributed by atoms with van der Waals surface area (Å²) in [4.78, 5) is 24.4. The Morgan fingerprint density at radius 1 is 0.824 bits per heavy atom. The van der Waals surface area contributed by atoms with Crippen LogP contribution in [0.25, 0.3) is 0 Å². The smallest absolute Gasteiger partial charge is 0.309 e. The molecule has 0 radical (unpaired) electrons. The van der Waals surface area contributed by atoms with Gasteiger partial charge in [-0.05, 0) is 115 Å². The van der Waals surface area contributed by atoms with Crippen LogP contribution in [0.4, 0.5) is 0 Å². The zero-order valence-electron chi connectivity index (χ0n) is 22.8. The number of hydrogen-bond acceptors (Lipinski definition) is 2. The fourth-order valence-corrected chi connectivity index (χ4v) is 11.0. The van der Waals surface area contributed by atoms with Crippen LogP contribution in [0.5, 0.6) is 0 Å². The van der Waals surface area contributed by atoms with Gasteiger partial charge in [-0.3, -0.25) is 9.59 Å². The zero-order chi connectivity index (χ0) is 25.3. The molecule has 4 nitrogen and oxygen atoms in total. The first kappa shape index (κ1) is 26.0. The highest BCUT2D eigenvalue weighted by molar-refractivity contribution is 5.76. The number of carbonyl (C=O) groups is 2. The lowest BCUT2D eigenvalue weighted by atomic mass is 9.33. The third kappa shape index (κ3) is 3.43. The van der Waals surface area contributed by atoms with Crippen LogP contribution in [0.2, 0.25) is 0 Å². The molecule has 34 heavy (non-hydrogen) atoms. The summed E-state index contributed by atoms with van der Waals surface area (Å²) in [5.41, 5.74) is -0.223. The molecule has 4 saturated carbocycles. The van der Waals surface area contributed by atoms with Gasteiger partial charge in [-0.15, -0.1) is 0 Å². The molecule has 0 aromatic rings. The Bertz CT molecular complexity index is 819. The summed E-state index contributed by atoms with van der Waals surface area (Å²) < 4.78 is 0. The molecular weight excluding hydrogens is 424 g/mol. The highest BCUT2D eigenvalue weighted by Gasteiger charge is 2.70. The number of rotatable bonds is 6. The predicted octanol–water partition coefficient (Wildman–Crippen LogP) is 7.51. The standard InChI is InChI=1S/C30H50O4/c1-18(2)20-10-15-30(26(33)34)17-16-28(6)22(25(20)30)8-9-23-27(5,13-12-24(31)32)21(19(3)4)11-14-29(23,28)7/h18-23,25H,8-17H2,1-7H3,(H,31,32)(H,33,34)/t20-,21-,22+,23+,25+,27-,28+,29+,30-/m0/s1. The van der Waals surface area contributed by atoms with Crippen molar-refractivity contribution in [2.45, 2.75) is 113 Å². The van der Waals surface area contributed by atoms with Crippen molar-refractivity contribution in [1.29, 1.82) is 0 Å². The summed E-state index contributed by atoms with van der Waals surface area (Å²) in [6.45, 7) is 16.7. The summed E-state index contributed by atoms with van der Waals surface area (Å²) >= 11 is 0. The Labute approximate surface area is 207 Å². The highest BCUT2D eigenvalue weighted by Crippen LogP contribution is 2.76. The monoisotopic (exact) mass is 474 g/mol. The van der Waals surface area contributed by atoms with E-state index in [1.54, 1.807) is 0 Å². The Balaban J connectivity index is 1.77. The van der Waals surface area contributed by atoms with Gasteiger partial charge in [-0.25, -0.2) is 0 Å². The van der Waals surface area contributed by atoms with Gasteiger partial charge in [-0.2, -0.15) is 0 Å². The number of carboxylic acids is 2. The van der Waals surface area contributed by atoms with Crippen LogP contribution in [0, 0.1) is 63.1 Å². The zero-order valence-corrected chi connectivity index (χ0v) is 22.8. The van der Waals surface area contributed by atoms with E-state index in [0.29, 0.717) is 35.5 Å². The van der Waals surface area contributed by atoms with E-state index in [4.69, 9.17) is 0 Å². The topological polar surface area (TPSA) is 74.6 Å². The number of aliphatic carboxylic acids is 2. The average Bonchev–Trinajstić information content (AvgIpc) is 3.14. The lowest BCUT2D eigenvalue weighted by Crippen LogP contribution is -2.65. The molecule has 0 spiro atoms. The molecule has 4 aliphatic carbocycles. The van der Waals surface area contributed by atoms with Crippen molar-refractivity contribution in [3.63, 3.8) is 0 Å². The van der Waals surface area contributed by atoms with Crippen LogP contribution in [-0.4, -0.2) is 22.2 Å². The third-order valence-corrected chi connectivity index (χ3v) is 12.8. The molecule has 0 aromatic carbocycles. The molecule has 0 aromatic heterocycles. The second-order valence-corrected chi connectivity index (χ2v) is 14.3. The van der Waals surface area contributed by atoms with E-state index in [0.717, 1.165) is 44.9 Å². The quantitative estimate of drug-likeness (QED) is 0.418. The molecular formula is C30H50O4. The molecule has 9 atom stereocenters. The predicted molar refractivity (Wildman–Crippen MR) is 135 cm³/mol. The Morgan fingerprint density at radius 3 is 2.06 bits per heavy atom. The van der Waals surface area contributed by atoms with E-state index < -0.39 is 17.4 Å². The fourth-order valence-electron chi connectivity index (χ4n) is 11.0. The van der Waals surface area contributed by atoms with Crippen LogP contribution in [0.15, 0.2) is 0 Å². The van der Waals surface area contributed by atoms with E-state index in [1.807, 2.05) is 0 Å². The fraction of sp³-hybridized carbons (Fsp3) is 0.933. The van der Waals surface area contributed by atoms with E-state index in [1.165, 1.54) is 12.8 Å². The van der Waals surface area contributed by atoms with Crippen LogP contribution in [0.3, 0.4) is 0 Å². The number of carboxylic acid groups (broad SMARTS) is 2. The summed E-state index contributed by atoms with van der Waals surface area (Å²) in [7, 11) is 0. The highest BCUT2D eigenvalue weighted by atomic mass is 16.4. The number of fused-ring (bicyclic) bond motifs is 5. The first-order chi connectivity index (χ1) is 15.7. The van der Waals surface area contributed by atoms with Gasteiger partial charge in [0.25, 0.3) is 0 Å². The number of hydrogen-bond donors (Lipinski definition) is 2. The van der Waals surface area contributed by atoms with Crippen molar-refractivity contribution in [2.75, 3.05) is 0 Å². The van der Waals surface area contributed by atoms with Gasteiger partial charge in [0.2, 0.25) is 0 Å². The first-order valence-corrected chi connectivity index (χ1v) is 14.2. The molecule has 4 rings (SSSR count). The van der Waals surface area contributed by atoms with Crippen molar-refractivity contribution in [1.82, 2.24) is 0 Å². The van der Waals surface area contributed by atoms with Gasteiger partial charge in [0.05, 0.1) is 5.41 Å². The maximum absolute atomic E-state index is 12.8. The molecule has 0 unspecified atom stereocenters. The first-order valence-electron chi connectivity index (χ1n) is 14.2. The van der Waals surface area contributed by atoms with E-state index in [-0.39, 0.29) is 28.6 Å². The molecule has 194 valence electrons. The van der Waals surface area contributed by atoms with Crippen molar-refractivity contribution in [3.05, 3.63) is 0 Å². The van der Waals surface area contributed by atoms with Crippen LogP contribution in [-0.2, 0) is 9.59 Å². The Kier molecular flexibility index (Phi) is 6.51. The van der Waals surface area contributed by atoms with E-state index in [2.05, 4.69) is 48.5 Å². The second-order valence-electron chi connectivity index (χ2n) is 14.3. The summed E-state index contributed by atoms with van der Waals surface area (Å²) in [5.74, 6) is 2.19. The van der Waals surface area contributed by atoms with E-state index >= 15 is 0 Å². The SMILES string of the molecule is CC(C)[C@@H]1CC[C@]2(C(=O)O)CC[C@]3(C)[C@H](CC[C@@H]4[C@@](C)(CCC(=O)O)[C@H](C(C)C)CC[C@]43C)[C@@H]12. The lowest BCUT2D eigenvalue weighted by Gasteiger charge is -2.71. The van der Waals surface area contributed by atoms with Crippen molar-refractivity contribution in [2.24, 2.45) is 63.1 Å². The average molecular weight is 475 g/mol. The Hall–Kier alpha value is -1.06. The summed E-state index contributed by atoms with van der Waals surface area (Å²) in [6.07, 6.45) is 9.41. The van der Waals surface area contributed by atoms with Gasteiger partial charge in [0, 0.05) is 6.42 Å². The summed E-state index contributed by atoms with van der Waals surface area (Å²) in [6, 6.07) is 0. The molecule has 4 fully saturated rings. The molecule has 4 heteroatoms. The molecule has 0 aliphatic heterocycles. The van der Waals surface area contributed by atoms with Crippen LogP contribution in [0.1, 0.15) is 113 Å². The van der Waals surface area contributed by atoms with Crippen LogP contribution < -0.4 is 0 Å². The lowest BCUT2D eigenvalue weighted by molar-refractivity contribution is -0.228. The van der Waals surface area contributed by atoms with Crippen molar-refractivity contribution < 1.29 is 19.8 Å². The largest absolute Gasteiger partial charge is 0.481 e. The maximum Gasteiger partial charge on any atom is 0.309 e. The maximum atomic E-state index is 12.8. The summed E-state index contributed by atoms with van der Waals surface area (Å²) in [5, 5.41) is 20.1. The van der Waals surface area contributed by atoms with Crippen molar-refractivity contribution >= 4 is 11.9 Å². The molecule has 0 heterocycles. The van der Waals surface area contributed by atoms with Gasteiger partial charge in [0.1, 0.15) is 0 Å². The minimum Gasteiger partial charge on any atom is -0.481 e. The van der Waals surface area contributed by atoms with Crippen LogP contribution >= 0.6 is 0 Å². The Morgan fingerprint density at radius 2 is 1.50 bits per heavy atom. The molecule has 0 bridgehead atoms. The van der Waals surface area contributed by atoms with Gasteiger partial charge < -0.3 is 10.2 Å². The molecule has 0 amide bonds. The molecule has 0 saturated heterocycles. The van der Waals surface area contributed by atoms with Gasteiger partial charge in [0.15, 0.2) is 0 Å². The van der Waals surface area contributed by atoms with Gasteiger partial charge in [-0.1, -0.05) is 48.5 Å². The van der Waals surface area contributed by atoms with Crippen molar-refractivity contribution in [3.8, 4) is 0 Å².